The van der Waals surface area contributed by atoms with Crippen LogP contribution in [0, 0.1) is 0 Å². The number of hydrogen-bond donors (Lipinski definition) is 2. The Kier molecular flexibility index (Phi) is 4.30. The van der Waals surface area contributed by atoms with Crippen LogP contribution in [0.4, 0.5) is 0 Å². The Morgan fingerprint density at radius 2 is 1.90 bits per heavy atom. The molecule has 0 amide bonds. The molecule has 8 heteroatoms. The smallest absolute Gasteiger partial charge is 0.488 e. The highest BCUT2D eigenvalue weighted by molar-refractivity contribution is 6.59. The van der Waals surface area contributed by atoms with Gasteiger partial charge in [-0.15, -0.1) is 0 Å². The van der Waals surface area contributed by atoms with Gasteiger partial charge in [0.2, 0.25) is 0 Å². The van der Waals surface area contributed by atoms with Crippen LogP contribution in [0.15, 0.2) is 40.2 Å². The minimum Gasteiger partial charge on any atom is -0.497 e. The van der Waals surface area contributed by atoms with E-state index < -0.39 is 18.2 Å². The van der Waals surface area contributed by atoms with Crippen molar-refractivity contribution >= 4 is 12.6 Å². The molecule has 7 nitrogen and oxygen atoms in total. The monoisotopic (exact) mass is 290 g/mol. The van der Waals surface area contributed by atoms with Crippen LogP contribution in [-0.2, 0) is 13.6 Å². The maximum atomic E-state index is 11.9. The third-order valence-corrected chi connectivity index (χ3v) is 3.20. The van der Waals surface area contributed by atoms with Crippen LogP contribution < -0.4 is 21.3 Å². The van der Waals surface area contributed by atoms with Crippen LogP contribution in [0.25, 0.3) is 0 Å². The molecule has 1 aromatic carbocycles. The molecule has 110 valence electrons. The fourth-order valence-electron chi connectivity index (χ4n) is 2.00. The van der Waals surface area contributed by atoms with Gasteiger partial charge in [0.25, 0.3) is 0 Å². The summed E-state index contributed by atoms with van der Waals surface area (Å²) in [5.41, 5.74) is -0.587. The van der Waals surface area contributed by atoms with E-state index in [9.17, 15) is 19.6 Å². The number of aromatic nitrogens is 2. The molecule has 0 aliphatic heterocycles. The fourth-order valence-corrected chi connectivity index (χ4v) is 2.00. The summed E-state index contributed by atoms with van der Waals surface area (Å²) in [5, 5.41) is 18.8. The topological polar surface area (TPSA) is 93.7 Å². The molecular weight excluding hydrogens is 275 g/mol. The quantitative estimate of drug-likeness (QED) is 0.516. The SMILES string of the molecule is COc1ccc(B(O)O)c(Cn2ccn(C)c(=O)c2=O)c1. The Morgan fingerprint density at radius 1 is 1.19 bits per heavy atom. The molecule has 21 heavy (non-hydrogen) atoms. The van der Waals surface area contributed by atoms with Gasteiger partial charge >= 0.3 is 18.2 Å². The summed E-state index contributed by atoms with van der Waals surface area (Å²) in [5.74, 6) is 0.520. The summed E-state index contributed by atoms with van der Waals surface area (Å²) in [6.45, 7) is 0.0407. The number of benzene rings is 1. The molecule has 2 N–H and O–H groups in total. The maximum Gasteiger partial charge on any atom is 0.488 e. The molecule has 0 radical (unpaired) electrons. The van der Waals surface area contributed by atoms with Gasteiger partial charge in [-0.1, -0.05) is 6.07 Å². The molecule has 0 fully saturated rings. The van der Waals surface area contributed by atoms with Gasteiger partial charge in [0.15, 0.2) is 0 Å². The molecule has 0 saturated carbocycles. The zero-order valence-electron chi connectivity index (χ0n) is 11.7. The van der Waals surface area contributed by atoms with E-state index in [1.807, 2.05) is 0 Å². The normalized spacial score (nSPS) is 10.5. The molecule has 0 saturated heterocycles. The van der Waals surface area contributed by atoms with Gasteiger partial charge in [-0.05, 0) is 23.2 Å². The van der Waals surface area contributed by atoms with E-state index in [1.165, 1.54) is 41.8 Å². The van der Waals surface area contributed by atoms with Crippen molar-refractivity contribution in [3.05, 3.63) is 56.9 Å². The number of methoxy groups -OCH3 is 1. The highest BCUT2D eigenvalue weighted by atomic mass is 16.5. The highest BCUT2D eigenvalue weighted by Gasteiger charge is 2.17. The van der Waals surface area contributed by atoms with Gasteiger partial charge in [-0.3, -0.25) is 9.59 Å². The summed E-state index contributed by atoms with van der Waals surface area (Å²) >= 11 is 0. The third-order valence-electron chi connectivity index (χ3n) is 3.20. The lowest BCUT2D eigenvalue weighted by atomic mass is 9.77. The van der Waals surface area contributed by atoms with Crippen LogP contribution >= 0.6 is 0 Å². The Morgan fingerprint density at radius 3 is 2.52 bits per heavy atom. The first-order valence-corrected chi connectivity index (χ1v) is 6.23. The van der Waals surface area contributed by atoms with E-state index >= 15 is 0 Å². The summed E-state index contributed by atoms with van der Waals surface area (Å²) in [4.78, 5) is 23.5. The van der Waals surface area contributed by atoms with Crippen LogP contribution in [0.2, 0.25) is 0 Å². The molecule has 1 heterocycles. The first-order valence-electron chi connectivity index (χ1n) is 6.23. The average molecular weight is 290 g/mol. The predicted molar refractivity (Wildman–Crippen MR) is 77.9 cm³/mol. The number of aryl methyl sites for hydroxylation is 1. The van der Waals surface area contributed by atoms with Gasteiger partial charge in [-0.2, -0.15) is 0 Å². The summed E-state index contributed by atoms with van der Waals surface area (Å²) in [6.07, 6.45) is 2.94. The van der Waals surface area contributed by atoms with Gasteiger partial charge in [-0.25, -0.2) is 0 Å². The zero-order valence-corrected chi connectivity index (χ0v) is 11.7. The predicted octanol–water partition coefficient (Wildman–Crippen LogP) is -1.72. The highest BCUT2D eigenvalue weighted by Crippen LogP contribution is 2.12. The minimum absolute atomic E-state index is 0.0407. The maximum absolute atomic E-state index is 11.9. The first kappa shape index (κ1) is 15.1. The zero-order chi connectivity index (χ0) is 15.6. The van der Waals surface area contributed by atoms with Crippen LogP contribution in [0.5, 0.6) is 5.75 Å². The molecule has 2 aromatic rings. The molecular formula is C13H15BN2O5. The second kappa shape index (κ2) is 5.98. The van der Waals surface area contributed by atoms with Crippen molar-refractivity contribution < 1.29 is 14.8 Å². The van der Waals surface area contributed by atoms with E-state index in [2.05, 4.69) is 0 Å². The lowest BCUT2D eigenvalue weighted by molar-refractivity contribution is 0.413. The Labute approximate surface area is 120 Å². The molecule has 1 aromatic heterocycles. The minimum atomic E-state index is -1.67. The summed E-state index contributed by atoms with van der Waals surface area (Å²) in [7, 11) is 1.30. The van der Waals surface area contributed by atoms with E-state index in [-0.39, 0.29) is 12.0 Å². The van der Waals surface area contributed by atoms with Crippen molar-refractivity contribution in [3.63, 3.8) is 0 Å². The molecule has 0 spiro atoms. The molecule has 0 unspecified atom stereocenters. The summed E-state index contributed by atoms with van der Waals surface area (Å²) in [6, 6.07) is 4.69. The Balaban J connectivity index is 2.50. The third kappa shape index (κ3) is 3.06. The van der Waals surface area contributed by atoms with Crippen LogP contribution in [0.3, 0.4) is 0 Å². The number of ether oxygens (including phenoxy) is 1. The number of nitrogens with zero attached hydrogens (tertiary/aromatic N) is 2. The Bertz CT molecular complexity index is 766. The standard InChI is InChI=1S/C13H15BN2O5/c1-15-5-6-16(13(18)12(15)17)8-9-7-10(21-2)3-4-11(9)14(19)20/h3-7,19-20H,8H2,1-2H3. The summed E-state index contributed by atoms with van der Waals surface area (Å²) < 4.78 is 7.48. The number of hydrogen-bond acceptors (Lipinski definition) is 5. The van der Waals surface area contributed by atoms with Crippen molar-refractivity contribution in [2.24, 2.45) is 7.05 Å². The van der Waals surface area contributed by atoms with E-state index in [4.69, 9.17) is 4.74 Å². The van der Waals surface area contributed by atoms with Gasteiger partial charge in [0, 0.05) is 19.4 Å². The second-order valence-corrected chi connectivity index (χ2v) is 4.59. The van der Waals surface area contributed by atoms with Crippen LogP contribution in [-0.4, -0.2) is 33.4 Å². The van der Waals surface area contributed by atoms with Crippen molar-refractivity contribution in [1.29, 1.82) is 0 Å². The van der Waals surface area contributed by atoms with Gasteiger partial charge < -0.3 is 23.9 Å². The fraction of sp³-hybridized carbons (Fsp3) is 0.231. The largest absolute Gasteiger partial charge is 0.497 e. The molecule has 0 aliphatic rings. The van der Waals surface area contributed by atoms with E-state index in [1.54, 1.807) is 12.1 Å². The molecule has 0 bridgehead atoms. The van der Waals surface area contributed by atoms with E-state index in [0.29, 0.717) is 11.3 Å². The number of rotatable bonds is 4. The van der Waals surface area contributed by atoms with Crippen molar-refractivity contribution in [1.82, 2.24) is 9.13 Å². The lowest BCUT2D eigenvalue weighted by Gasteiger charge is -2.12. The van der Waals surface area contributed by atoms with Gasteiger partial charge in [0.05, 0.1) is 13.7 Å². The lowest BCUT2D eigenvalue weighted by Crippen LogP contribution is -2.41. The molecule has 0 aliphatic carbocycles. The average Bonchev–Trinajstić information content (AvgIpc) is 2.47. The van der Waals surface area contributed by atoms with Crippen LogP contribution in [0.1, 0.15) is 5.56 Å². The van der Waals surface area contributed by atoms with E-state index in [0.717, 1.165) is 0 Å². The Hall–Kier alpha value is -2.32. The first-order chi connectivity index (χ1) is 9.93. The van der Waals surface area contributed by atoms with Crippen molar-refractivity contribution in [3.8, 4) is 5.75 Å². The second-order valence-electron chi connectivity index (χ2n) is 4.59. The molecule has 0 atom stereocenters. The van der Waals surface area contributed by atoms with Crippen molar-refractivity contribution in [2.75, 3.05) is 7.11 Å². The molecule has 2 rings (SSSR count). The van der Waals surface area contributed by atoms with Gasteiger partial charge in [0.1, 0.15) is 5.75 Å². The van der Waals surface area contributed by atoms with Crippen molar-refractivity contribution in [2.45, 2.75) is 6.54 Å².